The molecule has 3 aromatic rings. The number of carbonyl (C=O) groups excluding carboxylic acids is 1. The first kappa shape index (κ1) is 22.0. The average molecular weight is 473 g/mol. The molecule has 0 saturated heterocycles. The van der Waals surface area contributed by atoms with E-state index in [1.165, 1.54) is 29.6 Å². The van der Waals surface area contributed by atoms with Gasteiger partial charge in [0.1, 0.15) is 11.5 Å². The lowest BCUT2D eigenvalue weighted by molar-refractivity contribution is -0.127. The standard InChI is InChI=1S/C23H21ClN2O5S/c1-30-20-12-11-17(13-18(20)24)32(28,29)26-15-22(31-21-10-6-5-9-19(21)26)23(27)25-14-16-7-3-2-4-8-16/h2-13,22H,14-15H2,1H3,(H,25,27)/t22-/m0/s1. The zero-order valence-electron chi connectivity index (χ0n) is 17.2. The highest BCUT2D eigenvalue weighted by molar-refractivity contribution is 7.92. The summed E-state index contributed by atoms with van der Waals surface area (Å²) in [5.41, 5.74) is 1.28. The molecule has 1 heterocycles. The largest absolute Gasteiger partial charge is 0.495 e. The van der Waals surface area contributed by atoms with Crippen molar-refractivity contribution in [3.63, 3.8) is 0 Å². The lowest BCUT2D eigenvalue weighted by Crippen LogP contribution is -2.50. The molecule has 166 valence electrons. The van der Waals surface area contributed by atoms with Gasteiger partial charge in [0.15, 0.2) is 6.10 Å². The number of anilines is 1. The van der Waals surface area contributed by atoms with Gasteiger partial charge in [0.25, 0.3) is 15.9 Å². The van der Waals surface area contributed by atoms with Gasteiger partial charge in [-0.2, -0.15) is 0 Å². The van der Waals surface area contributed by atoms with Crippen LogP contribution in [-0.2, 0) is 21.4 Å². The van der Waals surface area contributed by atoms with Crippen LogP contribution in [0.15, 0.2) is 77.7 Å². The number of hydrogen-bond acceptors (Lipinski definition) is 5. The average Bonchev–Trinajstić information content (AvgIpc) is 2.82. The van der Waals surface area contributed by atoms with Gasteiger partial charge in [0.05, 0.1) is 29.3 Å². The Bertz CT molecular complexity index is 1230. The van der Waals surface area contributed by atoms with E-state index >= 15 is 0 Å². The fourth-order valence-corrected chi connectivity index (χ4v) is 5.23. The topological polar surface area (TPSA) is 84.9 Å². The fraction of sp³-hybridized carbons (Fsp3) is 0.174. The summed E-state index contributed by atoms with van der Waals surface area (Å²) in [5.74, 6) is 0.268. The smallest absolute Gasteiger partial charge is 0.264 e. The molecule has 0 fully saturated rings. The van der Waals surface area contributed by atoms with Crippen molar-refractivity contribution in [2.75, 3.05) is 18.0 Å². The molecule has 0 aliphatic carbocycles. The van der Waals surface area contributed by atoms with Gasteiger partial charge in [-0.05, 0) is 35.9 Å². The molecule has 7 nitrogen and oxygen atoms in total. The van der Waals surface area contributed by atoms with Gasteiger partial charge in [0, 0.05) is 6.54 Å². The van der Waals surface area contributed by atoms with Crippen LogP contribution < -0.4 is 19.1 Å². The third kappa shape index (κ3) is 4.37. The maximum atomic E-state index is 13.5. The number of nitrogens with zero attached hydrogens (tertiary/aromatic N) is 1. The number of para-hydroxylation sites is 2. The number of fused-ring (bicyclic) bond motifs is 1. The monoisotopic (exact) mass is 472 g/mol. The van der Waals surface area contributed by atoms with Crippen LogP contribution in [0.4, 0.5) is 5.69 Å². The van der Waals surface area contributed by atoms with E-state index < -0.39 is 22.0 Å². The van der Waals surface area contributed by atoms with Crippen molar-refractivity contribution >= 4 is 33.2 Å². The maximum absolute atomic E-state index is 13.5. The Morgan fingerprint density at radius 3 is 2.56 bits per heavy atom. The van der Waals surface area contributed by atoms with Gasteiger partial charge >= 0.3 is 0 Å². The molecule has 0 aromatic heterocycles. The van der Waals surface area contributed by atoms with Gasteiger partial charge in [-0.1, -0.05) is 54.1 Å². The van der Waals surface area contributed by atoms with Crippen molar-refractivity contribution in [3.05, 3.63) is 83.4 Å². The van der Waals surface area contributed by atoms with E-state index in [9.17, 15) is 13.2 Å². The second kappa shape index (κ2) is 9.10. The Kier molecular flexibility index (Phi) is 6.25. The number of halogens is 1. The minimum absolute atomic E-state index is 0.0107. The molecule has 9 heteroatoms. The molecule has 1 aliphatic rings. The zero-order chi connectivity index (χ0) is 22.7. The summed E-state index contributed by atoms with van der Waals surface area (Å²) in [5, 5.41) is 2.99. The predicted octanol–water partition coefficient (Wildman–Crippen LogP) is 3.62. The molecular weight excluding hydrogens is 452 g/mol. The molecule has 0 bridgehead atoms. The molecule has 1 amide bonds. The van der Waals surface area contributed by atoms with Gasteiger partial charge in [-0.3, -0.25) is 9.10 Å². The van der Waals surface area contributed by atoms with Crippen LogP contribution in [0.25, 0.3) is 0 Å². The molecule has 0 radical (unpaired) electrons. The summed E-state index contributed by atoms with van der Waals surface area (Å²) in [6.07, 6.45) is -1.02. The van der Waals surface area contributed by atoms with E-state index in [1.54, 1.807) is 24.3 Å². The molecule has 1 atom stereocenters. The molecule has 32 heavy (non-hydrogen) atoms. The van der Waals surface area contributed by atoms with Crippen LogP contribution in [0.1, 0.15) is 5.56 Å². The highest BCUT2D eigenvalue weighted by atomic mass is 35.5. The van der Waals surface area contributed by atoms with Crippen LogP contribution in [0.2, 0.25) is 5.02 Å². The molecule has 0 saturated carbocycles. The minimum Gasteiger partial charge on any atom is -0.495 e. The van der Waals surface area contributed by atoms with Crippen LogP contribution in [0.5, 0.6) is 11.5 Å². The number of benzene rings is 3. The predicted molar refractivity (Wildman–Crippen MR) is 122 cm³/mol. The highest BCUT2D eigenvalue weighted by Crippen LogP contribution is 2.38. The van der Waals surface area contributed by atoms with Crippen LogP contribution in [0.3, 0.4) is 0 Å². The van der Waals surface area contributed by atoms with Crippen LogP contribution in [0, 0.1) is 0 Å². The first-order valence-corrected chi connectivity index (χ1v) is 11.7. The van der Waals surface area contributed by atoms with Crippen molar-refractivity contribution in [2.45, 2.75) is 17.5 Å². The minimum atomic E-state index is -4.02. The summed E-state index contributed by atoms with van der Waals surface area (Å²) in [6.45, 7) is 0.131. The SMILES string of the molecule is COc1ccc(S(=O)(=O)N2C[C@@H](C(=O)NCc3ccccc3)Oc3ccccc32)cc1Cl. The summed E-state index contributed by atoms with van der Waals surface area (Å²) < 4.78 is 39.1. The highest BCUT2D eigenvalue weighted by Gasteiger charge is 2.37. The summed E-state index contributed by atoms with van der Waals surface area (Å²) >= 11 is 6.16. The molecule has 1 aliphatic heterocycles. The van der Waals surface area contributed by atoms with Gasteiger partial charge < -0.3 is 14.8 Å². The van der Waals surface area contributed by atoms with Crippen molar-refractivity contribution in [3.8, 4) is 11.5 Å². The van der Waals surface area contributed by atoms with Gasteiger partial charge in [0.2, 0.25) is 0 Å². The van der Waals surface area contributed by atoms with Crippen LogP contribution in [-0.4, -0.2) is 34.1 Å². The van der Waals surface area contributed by atoms with E-state index in [1.807, 2.05) is 30.3 Å². The van der Waals surface area contributed by atoms with Crippen molar-refractivity contribution < 1.29 is 22.7 Å². The number of nitrogens with one attached hydrogen (secondary N) is 1. The lowest BCUT2D eigenvalue weighted by Gasteiger charge is -2.34. The van der Waals surface area contributed by atoms with Crippen molar-refractivity contribution in [1.29, 1.82) is 0 Å². The number of rotatable bonds is 6. The Hall–Kier alpha value is -3.23. The lowest BCUT2D eigenvalue weighted by atomic mass is 10.2. The normalized spacial score (nSPS) is 15.4. The van der Waals surface area contributed by atoms with Crippen LogP contribution >= 0.6 is 11.6 Å². The van der Waals surface area contributed by atoms with E-state index in [2.05, 4.69) is 5.32 Å². The number of carbonyl (C=O) groups is 1. The second-order valence-corrected chi connectivity index (χ2v) is 9.38. The first-order chi connectivity index (χ1) is 15.4. The third-order valence-electron chi connectivity index (χ3n) is 5.05. The number of amides is 1. The summed E-state index contributed by atoms with van der Waals surface area (Å²) in [4.78, 5) is 12.8. The maximum Gasteiger partial charge on any atom is 0.264 e. The Labute approximate surface area is 191 Å². The zero-order valence-corrected chi connectivity index (χ0v) is 18.8. The van der Waals surface area contributed by atoms with Gasteiger partial charge in [-0.15, -0.1) is 0 Å². The molecule has 0 spiro atoms. The van der Waals surface area contributed by atoms with E-state index in [0.717, 1.165) is 5.56 Å². The molecule has 4 rings (SSSR count). The number of ether oxygens (including phenoxy) is 2. The van der Waals surface area contributed by atoms with Crippen molar-refractivity contribution in [1.82, 2.24) is 5.32 Å². The summed E-state index contributed by atoms with van der Waals surface area (Å²) in [6, 6.07) is 20.4. The van der Waals surface area contributed by atoms with E-state index in [4.69, 9.17) is 21.1 Å². The first-order valence-electron chi connectivity index (χ1n) is 9.84. The van der Waals surface area contributed by atoms with E-state index in [-0.39, 0.29) is 16.5 Å². The quantitative estimate of drug-likeness (QED) is 0.592. The Morgan fingerprint density at radius 2 is 1.84 bits per heavy atom. The van der Waals surface area contributed by atoms with Gasteiger partial charge in [-0.25, -0.2) is 8.42 Å². The van der Waals surface area contributed by atoms with E-state index in [0.29, 0.717) is 23.7 Å². The third-order valence-corrected chi connectivity index (χ3v) is 7.12. The number of sulfonamides is 1. The number of hydrogen-bond donors (Lipinski definition) is 1. The molecule has 3 aromatic carbocycles. The fourth-order valence-electron chi connectivity index (χ4n) is 3.40. The second-order valence-electron chi connectivity index (χ2n) is 7.11. The Balaban J connectivity index is 1.62. The molecule has 0 unspecified atom stereocenters. The summed E-state index contributed by atoms with van der Waals surface area (Å²) in [7, 11) is -2.57. The number of methoxy groups -OCH3 is 1. The molecular formula is C23H21ClN2O5S. The van der Waals surface area contributed by atoms with Crippen molar-refractivity contribution in [2.24, 2.45) is 0 Å². The molecule has 1 N–H and O–H groups in total. The Morgan fingerprint density at radius 1 is 1.12 bits per heavy atom.